The van der Waals surface area contributed by atoms with Gasteiger partial charge in [-0.25, -0.2) is 14.4 Å². The van der Waals surface area contributed by atoms with E-state index < -0.39 is 59.8 Å². The van der Waals surface area contributed by atoms with Crippen LogP contribution in [0.15, 0.2) is 35.5 Å². The number of fused-ring (bicyclic) bond motifs is 1. The van der Waals surface area contributed by atoms with Gasteiger partial charge in [0, 0.05) is 12.5 Å². The largest absolute Gasteiger partial charge is 0.466 e. The summed E-state index contributed by atoms with van der Waals surface area (Å²) >= 11 is 0. The highest BCUT2D eigenvalue weighted by molar-refractivity contribution is 5.92. The van der Waals surface area contributed by atoms with Crippen molar-refractivity contribution in [2.45, 2.75) is 63.6 Å². The fraction of sp³-hybridized carbons (Fsp3) is 0.565. The summed E-state index contributed by atoms with van der Waals surface area (Å²) in [6.07, 6.45) is -0.686. The third-order valence-electron chi connectivity index (χ3n) is 6.15. The maximum absolute atomic E-state index is 12.8. The van der Waals surface area contributed by atoms with Crippen LogP contribution < -0.4 is 0 Å². The molecule has 0 aromatic heterocycles. The van der Waals surface area contributed by atoms with E-state index in [1.54, 1.807) is 19.9 Å². The number of esters is 4. The number of allylic oxidation sites excluding steroid dienone is 1. The van der Waals surface area contributed by atoms with Gasteiger partial charge in [-0.3, -0.25) is 4.79 Å². The molecule has 0 saturated carbocycles. The van der Waals surface area contributed by atoms with Gasteiger partial charge in [0.25, 0.3) is 0 Å². The van der Waals surface area contributed by atoms with E-state index in [1.807, 2.05) is 0 Å². The van der Waals surface area contributed by atoms with Crippen molar-refractivity contribution in [3.63, 3.8) is 0 Å². The van der Waals surface area contributed by atoms with E-state index in [4.69, 9.17) is 23.7 Å². The second-order valence-electron chi connectivity index (χ2n) is 8.40. The van der Waals surface area contributed by atoms with Gasteiger partial charge < -0.3 is 28.8 Å². The predicted molar refractivity (Wildman–Crippen MR) is 111 cm³/mol. The van der Waals surface area contributed by atoms with Crippen LogP contribution in [0.25, 0.3) is 0 Å². The molecule has 0 bridgehead atoms. The van der Waals surface area contributed by atoms with Crippen LogP contribution in [0.2, 0.25) is 0 Å². The van der Waals surface area contributed by atoms with Crippen molar-refractivity contribution in [3.05, 3.63) is 35.5 Å². The molecule has 33 heavy (non-hydrogen) atoms. The van der Waals surface area contributed by atoms with E-state index in [0.29, 0.717) is 12.0 Å². The Kier molecular flexibility index (Phi) is 7.08. The molecule has 1 N–H and O–H groups in total. The summed E-state index contributed by atoms with van der Waals surface area (Å²) in [5.74, 6) is -3.80. The molecule has 10 heteroatoms. The minimum Gasteiger partial charge on any atom is -0.466 e. The first-order valence-electron chi connectivity index (χ1n) is 10.6. The minimum atomic E-state index is -1.62. The average molecular weight is 464 g/mol. The van der Waals surface area contributed by atoms with E-state index in [-0.39, 0.29) is 24.2 Å². The van der Waals surface area contributed by atoms with Gasteiger partial charge in [-0.1, -0.05) is 12.7 Å². The molecule has 0 radical (unpaired) electrons. The van der Waals surface area contributed by atoms with E-state index in [0.717, 1.165) is 7.11 Å². The molecule has 2 saturated heterocycles. The lowest BCUT2D eigenvalue weighted by molar-refractivity contribution is -0.165. The minimum absolute atomic E-state index is 0.0281. The third-order valence-corrected chi connectivity index (χ3v) is 6.15. The maximum Gasteiger partial charge on any atom is 0.341 e. The fourth-order valence-electron chi connectivity index (χ4n) is 3.91. The number of ether oxygens (including phenoxy) is 5. The summed E-state index contributed by atoms with van der Waals surface area (Å²) in [5.41, 5.74) is -0.749. The molecule has 2 fully saturated rings. The zero-order valence-electron chi connectivity index (χ0n) is 19.0. The van der Waals surface area contributed by atoms with Gasteiger partial charge in [-0.15, -0.1) is 0 Å². The summed E-state index contributed by atoms with van der Waals surface area (Å²) < 4.78 is 26.3. The first kappa shape index (κ1) is 24.7. The first-order valence-corrected chi connectivity index (χ1v) is 10.6. The third kappa shape index (κ3) is 5.01. The number of methoxy groups -OCH3 is 1. The van der Waals surface area contributed by atoms with Crippen molar-refractivity contribution in [2.24, 2.45) is 5.92 Å². The topological polar surface area (TPSA) is 138 Å². The second-order valence-corrected chi connectivity index (χ2v) is 8.40. The molecule has 1 aliphatic carbocycles. The Bertz CT molecular complexity index is 932. The molecule has 3 rings (SSSR count). The van der Waals surface area contributed by atoms with E-state index in [1.165, 1.54) is 13.0 Å². The van der Waals surface area contributed by atoms with Gasteiger partial charge >= 0.3 is 23.9 Å². The van der Waals surface area contributed by atoms with E-state index in [9.17, 15) is 24.3 Å². The van der Waals surface area contributed by atoms with Crippen LogP contribution in [0, 0.1) is 5.92 Å². The molecule has 0 amide bonds. The van der Waals surface area contributed by atoms with Gasteiger partial charge in [-0.05, 0) is 38.3 Å². The summed E-state index contributed by atoms with van der Waals surface area (Å²) in [6.45, 7) is 8.21. The Balaban J connectivity index is 2.04. The molecule has 3 aliphatic rings. The van der Waals surface area contributed by atoms with E-state index in [2.05, 4.69) is 6.58 Å². The molecular weight excluding hydrogens is 436 g/mol. The lowest BCUT2D eigenvalue weighted by Gasteiger charge is -2.31. The van der Waals surface area contributed by atoms with Crippen molar-refractivity contribution in [3.8, 4) is 0 Å². The molecule has 0 spiro atoms. The van der Waals surface area contributed by atoms with Crippen molar-refractivity contribution in [2.75, 3.05) is 13.7 Å². The Morgan fingerprint density at radius 3 is 2.58 bits per heavy atom. The zero-order chi connectivity index (χ0) is 24.5. The number of aliphatic hydroxyl groups is 1. The fourth-order valence-corrected chi connectivity index (χ4v) is 3.91. The van der Waals surface area contributed by atoms with Crippen LogP contribution in [0.5, 0.6) is 0 Å². The zero-order valence-corrected chi connectivity index (χ0v) is 19.0. The number of rotatable bonds is 5. The van der Waals surface area contributed by atoms with Gasteiger partial charge in [0.15, 0.2) is 5.60 Å². The highest BCUT2D eigenvalue weighted by atomic mass is 16.7. The number of carbonyl (C=O) groups is 4. The van der Waals surface area contributed by atoms with Crippen molar-refractivity contribution < 1.29 is 48.0 Å². The van der Waals surface area contributed by atoms with Crippen molar-refractivity contribution in [1.82, 2.24) is 0 Å². The highest BCUT2D eigenvalue weighted by Crippen LogP contribution is 2.41. The average Bonchev–Trinajstić information content (AvgIpc) is 3.29. The molecule has 6 atom stereocenters. The SMILES string of the molecule is C=C1C(=O)O[C@H]2/C=C(\COC(C)=O)CC/C=C(/C(=O)OC)[C@H](O)[C@@H](OC(=O)[C@]3(C)O[C@@H]3C)[C@H]12. The predicted octanol–water partition coefficient (Wildman–Crippen LogP) is 0.917. The second kappa shape index (κ2) is 9.48. The monoisotopic (exact) mass is 464 g/mol. The van der Waals surface area contributed by atoms with Gasteiger partial charge in [0.2, 0.25) is 0 Å². The Hall–Kier alpha value is -2.98. The normalized spacial score (nSPS) is 36.8. The Morgan fingerprint density at radius 2 is 2.00 bits per heavy atom. The first-order chi connectivity index (χ1) is 15.5. The number of aliphatic hydroxyl groups excluding tert-OH is 1. The molecular formula is C23H28O10. The summed E-state index contributed by atoms with van der Waals surface area (Å²) in [7, 11) is 1.16. The number of hydrogen-bond donors (Lipinski definition) is 1. The van der Waals surface area contributed by atoms with Crippen LogP contribution in [-0.2, 0) is 42.9 Å². The summed E-state index contributed by atoms with van der Waals surface area (Å²) in [5, 5.41) is 11.2. The lowest BCUT2D eigenvalue weighted by atomic mass is 9.83. The van der Waals surface area contributed by atoms with Crippen LogP contribution in [0.4, 0.5) is 0 Å². The van der Waals surface area contributed by atoms with Crippen LogP contribution in [0.3, 0.4) is 0 Å². The molecule has 10 nitrogen and oxygen atoms in total. The van der Waals surface area contributed by atoms with Crippen LogP contribution in [-0.4, -0.2) is 72.7 Å². The van der Waals surface area contributed by atoms with E-state index >= 15 is 0 Å². The highest BCUT2D eigenvalue weighted by Gasteiger charge is 2.59. The number of carbonyl (C=O) groups excluding carboxylic acids is 4. The molecule has 0 aromatic rings. The quantitative estimate of drug-likeness (QED) is 0.205. The van der Waals surface area contributed by atoms with Crippen LogP contribution >= 0.6 is 0 Å². The lowest BCUT2D eigenvalue weighted by Crippen LogP contribution is -2.46. The smallest absolute Gasteiger partial charge is 0.341 e. The maximum atomic E-state index is 12.8. The molecule has 0 unspecified atom stereocenters. The summed E-state index contributed by atoms with van der Waals surface area (Å²) in [4.78, 5) is 49.0. The van der Waals surface area contributed by atoms with Gasteiger partial charge in [0.1, 0.15) is 24.9 Å². The van der Waals surface area contributed by atoms with Crippen LogP contribution in [0.1, 0.15) is 33.6 Å². The Labute approximate surface area is 191 Å². The standard InChI is InChI=1S/C23H28O10/c1-11-17-16(31-20(11)26)9-14(10-30-13(3)24)7-6-8-15(21(27)29-5)18(25)19(17)32-22(28)23(4)12(2)33-23/h8-9,12,16-19,25H,1,6-7,10H2,2-5H3/b14-9-,15-8+/t12-,16+,17-,18+,19+,23-/m1/s1. The number of hydrogen-bond acceptors (Lipinski definition) is 10. The summed E-state index contributed by atoms with van der Waals surface area (Å²) in [6, 6.07) is 0. The van der Waals surface area contributed by atoms with Crippen molar-refractivity contribution in [1.29, 1.82) is 0 Å². The molecule has 2 heterocycles. The number of epoxide rings is 1. The van der Waals surface area contributed by atoms with Crippen molar-refractivity contribution >= 4 is 23.9 Å². The molecule has 2 aliphatic heterocycles. The molecule has 180 valence electrons. The molecule has 0 aromatic carbocycles. The van der Waals surface area contributed by atoms with Gasteiger partial charge in [-0.2, -0.15) is 0 Å². The van der Waals surface area contributed by atoms with Gasteiger partial charge in [0.05, 0.1) is 24.7 Å². The Morgan fingerprint density at radius 1 is 1.33 bits per heavy atom.